The number of amides is 1. The maximum atomic E-state index is 12.6. The Morgan fingerprint density at radius 2 is 1.89 bits per heavy atom. The molecule has 2 aromatic rings. The number of carbonyl (C=O) groups is 1. The summed E-state index contributed by atoms with van der Waals surface area (Å²) >= 11 is 1.52. The van der Waals surface area contributed by atoms with E-state index in [2.05, 4.69) is 34.3 Å². The number of hydrogen-bond donors (Lipinski definition) is 2. The van der Waals surface area contributed by atoms with Crippen LogP contribution in [-0.2, 0) is 11.2 Å². The summed E-state index contributed by atoms with van der Waals surface area (Å²) < 4.78 is 0. The molecule has 0 bridgehead atoms. The second kappa shape index (κ2) is 9.92. The molecule has 1 atom stereocenters. The van der Waals surface area contributed by atoms with Crippen LogP contribution >= 0.6 is 11.8 Å². The normalized spacial score (nSPS) is 16.4. The van der Waals surface area contributed by atoms with Gasteiger partial charge in [0.05, 0.1) is 6.42 Å². The molecule has 5 nitrogen and oxygen atoms in total. The molecule has 1 heterocycles. The lowest BCUT2D eigenvalue weighted by Crippen LogP contribution is -2.36. The van der Waals surface area contributed by atoms with E-state index < -0.39 is 0 Å². The molecular weight excluding hydrogens is 370 g/mol. The number of carbonyl (C=O) groups excluding carboxylic acids is 1. The van der Waals surface area contributed by atoms with Crippen LogP contribution < -0.4 is 10.9 Å². The summed E-state index contributed by atoms with van der Waals surface area (Å²) in [5, 5.41) is 3.87. The first-order valence-corrected chi connectivity index (χ1v) is 11.0. The van der Waals surface area contributed by atoms with Gasteiger partial charge in [0.25, 0.3) is 5.56 Å². The molecule has 1 aromatic heterocycles. The van der Waals surface area contributed by atoms with Gasteiger partial charge in [-0.05, 0) is 32.3 Å². The summed E-state index contributed by atoms with van der Waals surface area (Å²) in [6.07, 6.45) is 6.98. The number of nitrogens with zero attached hydrogens (tertiary/aromatic N) is 1. The largest absolute Gasteiger partial charge is 0.353 e. The summed E-state index contributed by atoms with van der Waals surface area (Å²) in [7, 11) is 0. The molecule has 3 rings (SSSR count). The molecule has 1 amide bonds. The van der Waals surface area contributed by atoms with E-state index in [9.17, 15) is 9.59 Å². The standard InChI is InChI=1S/C22H29N3O2S/c1-15-19(14-20(26)24-18-12-8-3-4-9-13-18)21(27)25-22(23-15)28-16(2)17-10-6-5-7-11-17/h5-7,10-11,16,18H,3-4,8-9,12-14H2,1-2H3,(H,24,26)(H,23,25,27). The number of aryl methyl sites for hydroxylation is 1. The van der Waals surface area contributed by atoms with Crippen molar-refractivity contribution in [2.24, 2.45) is 0 Å². The average molecular weight is 400 g/mol. The number of thioether (sulfide) groups is 1. The van der Waals surface area contributed by atoms with Gasteiger partial charge in [-0.25, -0.2) is 4.98 Å². The monoisotopic (exact) mass is 399 g/mol. The average Bonchev–Trinajstić information content (AvgIpc) is 2.94. The Bertz CT molecular complexity index is 843. The number of hydrogen-bond acceptors (Lipinski definition) is 4. The SMILES string of the molecule is Cc1nc(SC(C)c2ccccc2)[nH]c(=O)c1CC(=O)NC1CCCCCC1. The number of nitrogens with one attached hydrogen (secondary N) is 2. The molecule has 1 aliphatic carbocycles. The van der Waals surface area contributed by atoms with Gasteiger partial charge in [0.2, 0.25) is 5.91 Å². The first-order chi connectivity index (χ1) is 13.5. The second-order valence-electron chi connectivity index (χ2n) is 7.54. The smallest absolute Gasteiger partial charge is 0.255 e. The molecule has 150 valence electrons. The van der Waals surface area contributed by atoms with Crippen molar-refractivity contribution < 1.29 is 4.79 Å². The van der Waals surface area contributed by atoms with Gasteiger partial charge >= 0.3 is 0 Å². The van der Waals surface area contributed by atoms with Crippen LogP contribution in [0, 0.1) is 6.92 Å². The highest BCUT2D eigenvalue weighted by atomic mass is 32.2. The van der Waals surface area contributed by atoms with E-state index in [1.165, 1.54) is 30.2 Å². The molecule has 1 aromatic carbocycles. The van der Waals surface area contributed by atoms with E-state index in [0.29, 0.717) is 16.4 Å². The fraction of sp³-hybridized carbons (Fsp3) is 0.500. The summed E-state index contributed by atoms with van der Waals surface area (Å²) in [5.41, 5.74) is 2.05. The molecule has 0 aliphatic heterocycles. The van der Waals surface area contributed by atoms with Crippen molar-refractivity contribution in [1.29, 1.82) is 0 Å². The fourth-order valence-corrected chi connectivity index (χ4v) is 4.64. The fourth-order valence-electron chi connectivity index (χ4n) is 3.67. The van der Waals surface area contributed by atoms with Crippen LogP contribution in [0.3, 0.4) is 0 Å². The Morgan fingerprint density at radius 1 is 1.21 bits per heavy atom. The minimum Gasteiger partial charge on any atom is -0.353 e. The van der Waals surface area contributed by atoms with Gasteiger partial charge in [0.15, 0.2) is 5.16 Å². The van der Waals surface area contributed by atoms with Gasteiger partial charge in [0, 0.05) is 22.5 Å². The molecule has 28 heavy (non-hydrogen) atoms. The third-order valence-corrected chi connectivity index (χ3v) is 6.36. The van der Waals surface area contributed by atoms with Crippen LogP contribution in [0.15, 0.2) is 40.3 Å². The molecule has 6 heteroatoms. The maximum absolute atomic E-state index is 12.6. The lowest BCUT2D eigenvalue weighted by atomic mass is 10.1. The summed E-state index contributed by atoms with van der Waals surface area (Å²) in [5.74, 6) is -0.0830. The highest BCUT2D eigenvalue weighted by Crippen LogP contribution is 2.32. The molecule has 0 radical (unpaired) electrons. The molecule has 1 unspecified atom stereocenters. The van der Waals surface area contributed by atoms with Crippen LogP contribution in [0.2, 0.25) is 0 Å². The van der Waals surface area contributed by atoms with Crippen molar-refractivity contribution >= 4 is 17.7 Å². The highest BCUT2D eigenvalue weighted by molar-refractivity contribution is 7.99. The Morgan fingerprint density at radius 3 is 2.54 bits per heavy atom. The van der Waals surface area contributed by atoms with Crippen molar-refractivity contribution in [3.8, 4) is 0 Å². The van der Waals surface area contributed by atoms with E-state index in [0.717, 1.165) is 25.7 Å². The second-order valence-corrected chi connectivity index (χ2v) is 8.87. The van der Waals surface area contributed by atoms with Gasteiger partial charge < -0.3 is 10.3 Å². The summed E-state index contributed by atoms with van der Waals surface area (Å²) in [4.78, 5) is 32.4. The number of rotatable bonds is 6. The molecular formula is C22H29N3O2S. The van der Waals surface area contributed by atoms with Gasteiger partial charge in [-0.3, -0.25) is 9.59 Å². The molecule has 2 N–H and O–H groups in total. The topological polar surface area (TPSA) is 74.8 Å². The third-order valence-electron chi connectivity index (χ3n) is 5.32. The van der Waals surface area contributed by atoms with Crippen LogP contribution in [-0.4, -0.2) is 21.9 Å². The number of aromatic nitrogens is 2. The molecule has 1 fully saturated rings. The number of benzene rings is 1. The first-order valence-electron chi connectivity index (χ1n) is 10.1. The minimum absolute atomic E-state index is 0.0830. The lowest BCUT2D eigenvalue weighted by Gasteiger charge is -2.16. The minimum atomic E-state index is -0.216. The number of aromatic amines is 1. The van der Waals surface area contributed by atoms with Crippen molar-refractivity contribution in [2.45, 2.75) is 75.2 Å². The number of H-pyrrole nitrogens is 1. The third kappa shape index (κ3) is 5.71. The van der Waals surface area contributed by atoms with Gasteiger partial charge in [-0.15, -0.1) is 0 Å². The zero-order valence-corrected chi connectivity index (χ0v) is 17.5. The van der Waals surface area contributed by atoms with Crippen LogP contribution in [0.4, 0.5) is 0 Å². The Hall–Kier alpha value is -2.08. The van der Waals surface area contributed by atoms with E-state index in [1.54, 1.807) is 6.92 Å². The van der Waals surface area contributed by atoms with Crippen molar-refractivity contribution in [3.63, 3.8) is 0 Å². The maximum Gasteiger partial charge on any atom is 0.255 e. The van der Waals surface area contributed by atoms with Crippen LogP contribution in [0.25, 0.3) is 0 Å². The van der Waals surface area contributed by atoms with E-state index >= 15 is 0 Å². The molecule has 1 saturated carbocycles. The lowest BCUT2D eigenvalue weighted by molar-refractivity contribution is -0.121. The Balaban J connectivity index is 1.64. The molecule has 1 aliphatic rings. The van der Waals surface area contributed by atoms with E-state index in [-0.39, 0.29) is 29.2 Å². The van der Waals surface area contributed by atoms with Gasteiger partial charge in [-0.1, -0.05) is 67.8 Å². The Kier molecular flexibility index (Phi) is 7.31. The summed E-state index contributed by atoms with van der Waals surface area (Å²) in [6.45, 7) is 3.89. The van der Waals surface area contributed by atoms with E-state index in [4.69, 9.17) is 0 Å². The predicted octanol–water partition coefficient (Wildman–Crippen LogP) is 4.31. The van der Waals surface area contributed by atoms with Gasteiger partial charge in [0.1, 0.15) is 0 Å². The van der Waals surface area contributed by atoms with Gasteiger partial charge in [-0.2, -0.15) is 0 Å². The van der Waals surface area contributed by atoms with Crippen LogP contribution in [0.5, 0.6) is 0 Å². The van der Waals surface area contributed by atoms with Crippen molar-refractivity contribution in [1.82, 2.24) is 15.3 Å². The quantitative estimate of drug-likeness (QED) is 0.431. The predicted molar refractivity (Wildman–Crippen MR) is 114 cm³/mol. The van der Waals surface area contributed by atoms with Crippen molar-refractivity contribution in [2.75, 3.05) is 0 Å². The molecule has 0 saturated heterocycles. The first kappa shape index (κ1) is 20.6. The molecule has 0 spiro atoms. The van der Waals surface area contributed by atoms with Crippen molar-refractivity contribution in [3.05, 3.63) is 57.5 Å². The highest BCUT2D eigenvalue weighted by Gasteiger charge is 2.18. The summed E-state index contributed by atoms with van der Waals surface area (Å²) in [6, 6.07) is 10.4. The van der Waals surface area contributed by atoms with Crippen LogP contribution in [0.1, 0.15) is 67.5 Å². The zero-order chi connectivity index (χ0) is 19.9. The Labute approximate surface area is 170 Å². The van der Waals surface area contributed by atoms with E-state index in [1.807, 2.05) is 18.2 Å². The zero-order valence-electron chi connectivity index (χ0n) is 16.7.